The molecular weight excluding hydrogens is 232 g/mol. The van der Waals surface area contributed by atoms with Gasteiger partial charge in [0.05, 0.1) is 5.56 Å². The van der Waals surface area contributed by atoms with Crippen molar-refractivity contribution in [1.82, 2.24) is 4.98 Å². The molecule has 0 aliphatic carbocycles. The predicted molar refractivity (Wildman–Crippen MR) is 68.8 cm³/mol. The van der Waals surface area contributed by atoms with Gasteiger partial charge in [-0.05, 0) is 17.5 Å². The van der Waals surface area contributed by atoms with Crippen LogP contribution in [-0.2, 0) is 6.42 Å². The normalized spacial score (nSPS) is 9.94. The molecule has 0 atom stereocenters. The first-order valence-electron chi connectivity index (χ1n) is 5.40. The molecule has 0 amide bonds. The van der Waals surface area contributed by atoms with Crippen molar-refractivity contribution in [2.45, 2.75) is 13.3 Å². The molecule has 0 spiro atoms. The molecule has 0 radical (unpaired) electrons. The Morgan fingerprint density at radius 1 is 1.29 bits per heavy atom. The van der Waals surface area contributed by atoms with Crippen LogP contribution in [0.25, 0.3) is 11.1 Å². The molecule has 0 saturated heterocycles. The molecule has 2 nitrogen and oxygen atoms in total. The molecule has 0 saturated carbocycles. The minimum Gasteiger partial charge on any atom is -0.243 e. The van der Waals surface area contributed by atoms with E-state index >= 15 is 0 Å². The number of pyridine rings is 1. The smallest absolute Gasteiger partial charge is 0.147 e. The van der Waals surface area contributed by atoms with E-state index in [-0.39, 0.29) is 5.15 Å². The van der Waals surface area contributed by atoms with E-state index in [0.29, 0.717) is 5.56 Å². The van der Waals surface area contributed by atoms with E-state index in [0.717, 1.165) is 23.1 Å². The molecule has 2 aromatic rings. The molecule has 3 heteroatoms. The number of aryl methyl sites for hydroxylation is 1. The summed E-state index contributed by atoms with van der Waals surface area (Å²) >= 11 is 5.97. The molecule has 0 fully saturated rings. The Kier molecular flexibility index (Phi) is 3.41. The lowest BCUT2D eigenvalue weighted by atomic mass is 9.96. The lowest BCUT2D eigenvalue weighted by Gasteiger charge is -2.10. The van der Waals surface area contributed by atoms with Gasteiger partial charge in [0.25, 0.3) is 0 Å². The molecule has 0 aliphatic rings. The SMILES string of the molecule is CCc1cnc(Cl)c(C#N)c1-c1ccccc1. The highest BCUT2D eigenvalue weighted by Crippen LogP contribution is 2.30. The van der Waals surface area contributed by atoms with Gasteiger partial charge in [-0.1, -0.05) is 48.9 Å². The lowest BCUT2D eigenvalue weighted by Crippen LogP contribution is -1.95. The molecule has 84 valence electrons. The summed E-state index contributed by atoms with van der Waals surface area (Å²) < 4.78 is 0. The summed E-state index contributed by atoms with van der Waals surface area (Å²) in [4.78, 5) is 4.05. The second-order valence-electron chi connectivity index (χ2n) is 3.66. The predicted octanol–water partition coefficient (Wildman–Crippen LogP) is 3.84. The minimum atomic E-state index is 0.267. The maximum Gasteiger partial charge on any atom is 0.147 e. The van der Waals surface area contributed by atoms with Gasteiger partial charge in [-0.2, -0.15) is 5.26 Å². The number of nitrogens with zero attached hydrogens (tertiary/aromatic N) is 2. The maximum absolute atomic E-state index is 9.21. The largest absolute Gasteiger partial charge is 0.243 e. The fourth-order valence-electron chi connectivity index (χ4n) is 1.83. The Morgan fingerprint density at radius 2 is 2.00 bits per heavy atom. The van der Waals surface area contributed by atoms with Crippen LogP contribution in [-0.4, -0.2) is 4.98 Å². The van der Waals surface area contributed by atoms with Crippen LogP contribution in [0.3, 0.4) is 0 Å². The summed E-state index contributed by atoms with van der Waals surface area (Å²) in [6.45, 7) is 2.04. The second kappa shape index (κ2) is 4.99. The van der Waals surface area contributed by atoms with Gasteiger partial charge in [-0.25, -0.2) is 4.98 Å². The Morgan fingerprint density at radius 3 is 2.59 bits per heavy atom. The van der Waals surface area contributed by atoms with Crippen LogP contribution >= 0.6 is 11.6 Å². The molecule has 2 rings (SSSR count). The molecule has 0 N–H and O–H groups in total. The van der Waals surface area contributed by atoms with Crippen molar-refractivity contribution in [2.75, 3.05) is 0 Å². The summed E-state index contributed by atoms with van der Waals surface area (Å²) in [6.07, 6.45) is 2.56. The van der Waals surface area contributed by atoms with Gasteiger partial charge >= 0.3 is 0 Å². The van der Waals surface area contributed by atoms with Gasteiger partial charge in [0, 0.05) is 11.8 Å². The molecule has 1 aromatic heterocycles. The highest BCUT2D eigenvalue weighted by molar-refractivity contribution is 6.31. The summed E-state index contributed by atoms with van der Waals surface area (Å²) in [5, 5.41) is 9.47. The van der Waals surface area contributed by atoms with E-state index < -0.39 is 0 Å². The maximum atomic E-state index is 9.21. The average molecular weight is 243 g/mol. The van der Waals surface area contributed by atoms with Crippen molar-refractivity contribution in [3.8, 4) is 17.2 Å². The van der Waals surface area contributed by atoms with Gasteiger partial charge in [0.2, 0.25) is 0 Å². The Balaban J connectivity index is 2.75. The van der Waals surface area contributed by atoms with Crippen molar-refractivity contribution in [3.05, 3.63) is 52.8 Å². The second-order valence-corrected chi connectivity index (χ2v) is 4.01. The number of hydrogen-bond donors (Lipinski definition) is 0. The van der Waals surface area contributed by atoms with Gasteiger partial charge in [-0.15, -0.1) is 0 Å². The van der Waals surface area contributed by atoms with Crippen LogP contribution in [0.1, 0.15) is 18.1 Å². The van der Waals surface area contributed by atoms with Crippen LogP contribution in [0, 0.1) is 11.3 Å². The van der Waals surface area contributed by atoms with E-state index in [9.17, 15) is 5.26 Å². The standard InChI is InChI=1S/C14H11ClN2/c1-2-10-9-17-14(15)12(8-16)13(10)11-6-4-3-5-7-11/h3-7,9H,2H2,1H3. The summed E-state index contributed by atoms with van der Waals surface area (Å²) in [5.74, 6) is 0. The van der Waals surface area contributed by atoms with Crippen molar-refractivity contribution < 1.29 is 0 Å². The van der Waals surface area contributed by atoms with Crippen LogP contribution in [0.15, 0.2) is 36.5 Å². The molecule has 1 aromatic carbocycles. The van der Waals surface area contributed by atoms with E-state index in [1.54, 1.807) is 6.20 Å². The van der Waals surface area contributed by atoms with Crippen LogP contribution < -0.4 is 0 Å². The summed E-state index contributed by atoms with van der Waals surface area (Å²) in [6, 6.07) is 11.9. The number of nitriles is 1. The number of hydrogen-bond acceptors (Lipinski definition) is 2. The third-order valence-corrected chi connectivity index (χ3v) is 2.95. The number of aromatic nitrogens is 1. The first-order chi connectivity index (χ1) is 8.27. The van der Waals surface area contributed by atoms with Gasteiger partial charge in [0.15, 0.2) is 0 Å². The summed E-state index contributed by atoms with van der Waals surface area (Å²) in [7, 11) is 0. The van der Waals surface area contributed by atoms with Gasteiger partial charge < -0.3 is 0 Å². The fraction of sp³-hybridized carbons (Fsp3) is 0.143. The third kappa shape index (κ3) is 2.15. The zero-order chi connectivity index (χ0) is 12.3. The molecule has 17 heavy (non-hydrogen) atoms. The topological polar surface area (TPSA) is 36.7 Å². The highest BCUT2D eigenvalue weighted by atomic mass is 35.5. The first-order valence-corrected chi connectivity index (χ1v) is 5.78. The lowest BCUT2D eigenvalue weighted by molar-refractivity contribution is 1.10. The van der Waals surface area contributed by atoms with E-state index in [1.165, 1.54) is 0 Å². The Bertz CT molecular complexity index is 571. The zero-order valence-corrected chi connectivity index (χ0v) is 10.2. The Labute approximate surface area is 105 Å². The van der Waals surface area contributed by atoms with E-state index in [1.807, 2.05) is 37.3 Å². The van der Waals surface area contributed by atoms with Crippen molar-refractivity contribution in [3.63, 3.8) is 0 Å². The quantitative estimate of drug-likeness (QED) is 0.751. The van der Waals surface area contributed by atoms with Crippen LogP contribution in [0.4, 0.5) is 0 Å². The van der Waals surface area contributed by atoms with Gasteiger partial charge in [-0.3, -0.25) is 0 Å². The van der Waals surface area contributed by atoms with E-state index in [2.05, 4.69) is 11.1 Å². The van der Waals surface area contributed by atoms with Crippen molar-refractivity contribution in [2.24, 2.45) is 0 Å². The minimum absolute atomic E-state index is 0.267. The average Bonchev–Trinajstić information content (AvgIpc) is 2.39. The fourth-order valence-corrected chi connectivity index (χ4v) is 2.02. The zero-order valence-electron chi connectivity index (χ0n) is 9.44. The molecule has 1 heterocycles. The van der Waals surface area contributed by atoms with Crippen molar-refractivity contribution in [1.29, 1.82) is 5.26 Å². The summed E-state index contributed by atoms with van der Waals surface area (Å²) in [5.41, 5.74) is 3.40. The molecule has 0 aliphatic heterocycles. The number of halogens is 1. The molecule has 0 unspecified atom stereocenters. The monoisotopic (exact) mass is 242 g/mol. The highest BCUT2D eigenvalue weighted by Gasteiger charge is 2.13. The van der Waals surface area contributed by atoms with Crippen molar-refractivity contribution >= 4 is 11.6 Å². The van der Waals surface area contributed by atoms with Gasteiger partial charge in [0.1, 0.15) is 11.2 Å². The van der Waals surface area contributed by atoms with Crippen LogP contribution in [0.2, 0.25) is 5.15 Å². The Hall–Kier alpha value is -1.85. The number of rotatable bonds is 2. The first kappa shape index (κ1) is 11.6. The molecular formula is C14H11ClN2. The third-order valence-electron chi connectivity index (χ3n) is 2.67. The van der Waals surface area contributed by atoms with E-state index in [4.69, 9.17) is 11.6 Å². The number of benzene rings is 1. The van der Waals surface area contributed by atoms with Crippen LogP contribution in [0.5, 0.6) is 0 Å². The molecule has 0 bridgehead atoms.